The van der Waals surface area contributed by atoms with Gasteiger partial charge in [-0.15, -0.1) is 0 Å². The van der Waals surface area contributed by atoms with Crippen LogP contribution in [0.2, 0.25) is 0 Å². The number of carbonyl (C=O) groups excluding carboxylic acids is 1. The molecule has 2 aromatic carbocycles. The number of aryl methyl sites for hydroxylation is 2. The van der Waals surface area contributed by atoms with Gasteiger partial charge in [-0.25, -0.2) is 4.68 Å². The fourth-order valence-electron chi connectivity index (χ4n) is 3.77. The molecule has 0 radical (unpaired) electrons. The summed E-state index contributed by atoms with van der Waals surface area (Å²) in [5.74, 6) is -0.105. The molecule has 2 aromatic heterocycles. The van der Waals surface area contributed by atoms with Gasteiger partial charge in [0, 0.05) is 29.4 Å². The summed E-state index contributed by atoms with van der Waals surface area (Å²) in [5, 5.41) is 8.91. The normalized spacial score (nSPS) is 12.3. The molecule has 6 heteroatoms. The van der Waals surface area contributed by atoms with Crippen LogP contribution in [-0.4, -0.2) is 26.3 Å². The summed E-state index contributed by atoms with van der Waals surface area (Å²) in [6.45, 7) is 2.11. The first-order valence-corrected chi connectivity index (χ1v) is 9.81. The van der Waals surface area contributed by atoms with E-state index >= 15 is 0 Å². The predicted octanol–water partition coefficient (Wildman–Crippen LogP) is 3.03. The van der Waals surface area contributed by atoms with Crippen LogP contribution in [0.4, 0.5) is 0 Å². The third kappa shape index (κ3) is 3.78. The average molecular weight is 388 g/mol. The summed E-state index contributed by atoms with van der Waals surface area (Å²) in [6.07, 6.45) is 3.45. The molecule has 1 amide bonds. The van der Waals surface area contributed by atoms with Gasteiger partial charge in [0.2, 0.25) is 5.91 Å². The molecule has 148 valence electrons. The lowest BCUT2D eigenvalue weighted by Gasteiger charge is -2.15. The lowest BCUT2D eigenvalue weighted by molar-refractivity contribution is -0.122. The Morgan fingerprint density at radius 1 is 1.07 bits per heavy atom. The molecule has 1 N–H and O–H groups in total. The fourth-order valence-corrected chi connectivity index (χ4v) is 3.77. The molecule has 1 unspecified atom stereocenters. The van der Waals surface area contributed by atoms with Crippen molar-refractivity contribution in [2.75, 3.05) is 0 Å². The third-order valence-corrected chi connectivity index (χ3v) is 5.28. The highest BCUT2D eigenvalue weighted by Crippen LogP contribution is 2.26. The molecular formula is C23H24N4O2. The summed E-state index contributed by atoms with van der Waals surface area (Å²) >= 11 is 0. The Balaban J connectivity index is 1.56. The summed E-state index contributed by atoms with van der Waals surface area (Å²) in [5.41, 5.74) is 2.42. The molecule has 29 heavy (non-hydrogen) atoms. The van der Waals surface area contributed by atoms with Crippen LogP contribution in [0.1, 0.15) is 18.9 Å². The Hall–Kier alpha value is -3.41. The van der Waals surface area contributed by atoms with E-state index in [9.17, 15) is 9.59 Å². The van der Waals surface area contributed by atoms with Gasteiger partial charge >= 0.3 is 0 Å². The van der Waals surface area contributed by atoms with Crippen molar-refractivity contribution in [3.8, 4) is 0 Å². The highest BCUT2D eigenvalue weighted by Gasteiger charge is 2.17. The zero-order chi connectivity index (χ0) is 20.4. The number of carbonyl (C=O) groups is 1. The molecule has 0 saturated carbocycles. The van der Waals surface area contributed by atoms with Crippen LogP contribution in [0.15, 0.2) is 65.6 Å². The maximum atomic E-state index is 12.8. The standard InChI is InChI=1S/C23H24N4O2/c1-16(12-13-17-8-4-3-5-9-17)25-21(28)15-27-20-11-7-6-10-18(20)19-14-24-26(2)23(29)22(19)27/h3-11,14,16H,12-13,15H2,1-2H3,(H,25,28). The second-order valence-electron chi connectivity index (χ2n) is 7.43. The molecule has 0 saturated heterocycles. The van der Waals surface area contributed by atoms with Crippen LogP contribution in [-0.2, 0) is 24.8 Å². The summed E-state index contributed by atoms with van der Waals surface area (Å²) in [6, 6.07) is 18.0. The highest BCUT2D eigenvalue weighted by atomic mass is 16.2. The molecular weight excluding hydrogens is 364 g/mol. The Morgan fingerprint density at radius 3 is 2.59 bits per heavy atom. The van der Waals surface area contributed by atoms with Crippen LogP contribution in [0, 0.1) is 0 Å². The van der Waals surface area contributed by atoms with Crippen LogP contribution >= 0.6 is 0 Å². The molecule has 0 aliphatic heterocycles. The van der Waals surface area contributed by atoms with E-state index in [1.165, 1.54) is 10.2 Å². The van der Waals surface area contributed by atoms with E-state index < -0.39 is 0 Å². The number of rotatable bonds is 6. The number of hydrogen-bond donors (Lipinski definition) is 1. The van der Waals surface area contributed by atoms with Crippen LogP contribution in [0.25, 0.3) is 21.8 Å². The first-order valence-electron chi connectivity index (χ1n) is 9.81. The van der Waals surface area contributed by atoms with Gasteiger partial charge < -0.3 is 9.88 Å². The average Bonchev–Trinajstić information content (AvgIpc) is 3.04. The van der Waals surface area contributed by atoms with Crippen LogP contribution in [0.3, 0.4) is 0 Å². The number of hydrogen-bond acceptors (Lipinski definition) is 3. The minimum atomic E-state index is -0.205. The number of para-hydroxylation sites is 1. The zero-order valence-electron chi connectivity index (χ0n) is 16.6. The maximum Gasteiger partial charge on any atom is 0.291 e. The molecule has 0 aliphatic rings. The minimum absolute atomic E-state index is 0.0419. The van der Waals surface area contributed by atoms with E-state index in [0.717, 1.165) is 29.1 Å². The van der Waals surface area contributed by atoms with Gasteiger partial charge in [-0.3, -0.25) is 9.59 Å². The monoisotopic (exact) mass is 388 g/mol. The van der Waals surface area contributed by atoms with Gasteiger partial charge in [0.25, 0.3) is 5.56 Å². The van der Waals surface area contributed by atoms with Crippen molar-refractivity contribution in [2.24, 2.45) is 7.05 Å². The van der Waals surface area contributed by atoms with Gasteiger partial charge in [-0.05, 0) is 31.4 Å². The quantitative estimate of drug-likeness (QED) is 0.552. The maximum absolute atomic E-state index is 12.8. The zero-order valence-corrected chi connectivity index (χ0v) is 16.6. The third-order valence-electron chi connectivity index (χ3n) is 5.28. The lowest BCUT2D eigenvalue weighted by atomic mass is 10.1. The molecule has 1 atom stereocenters. The summed E-state index contributed by atoms with van der Waals surface area (Å²) in [7, 11) is 1.62. The van der Waals surface area contributed by atoms with Crippen molar-refractivity contribution in [1.82, 2.24) is 19.7 Å². The molecule has 4 rings (SSSR count). The van der Waals surface area contributed by atoms with Gasteiger partial charge in [0.15, 0.2) is 0 Å². The van der Waals surface area contributed by atoms with Gasteiger partial charge in [0.05, 0.1) is 6.20 Å². The van der Waals surface area contributed by atoms with Crippen molar-refractivity contribution < 1.29 is 4.79 Å². The predicted molar refractivity (Wildman–Crippen MR) is 115 cm³/mol. The SMILES string of the molecule is CC(CCc1ccccc1)NC(=O)Cn1c2ccccc2c2cnn(C)c(=O)c21. The van der Waals surface area contributed by atoms with Crippen molar-refractivity contribution in [3.05, 3.63) is 76.7 Å². The second kappa shape index (κ2) is 7.91. The van der Waals surface area contributed by atoms with E-state index in [1.807, 2.05) is 49.4 Å². The summed E-state index contributed by atoms with van der Waals surface area (Å²) in [4.78, 5) is 25.5. The van der Waals surface area contributed by atoms with E-state index in [-0.39, 0.29) is 24.1 Å². The van der Waals surface area contributed by atoms with E-state index in [4.69, 9.17) is 0 Å². The van der Waals surface area contributed by atoms with E-state index in [2.05, 4.69) is 22.5 Å². The van der Waals surface area contributed by atoms with Gasteiger partial charge in [-0.1, -0.05) is 48.5 Å². The number of aromatic nitrogens is 3. The first-order chi connectivity index (χ1) is 14.0. The fraction of sp³-hybridized carbons (Fsp3) is 0.261. The number of benzene rings is 2. The molecule has 0 bridgehead atoms. The first kappa shape index (κ1) is 18.9. The van der Waals surface area contributed by atoms with E-state index in [0.29, 0.717) is 5.52 Å². The number of amides is 1. The van der Waals surface area contributed by atoms with Crippen molar-refractivity contribution in [1.29, 1.82) is 0 Å². The van der Waals surface area contributed by atoms with Crippen molar-refractivity contribution >= 4 is 27.7 Å². The van der Waals surface area contributed by atoms with Crippen LogP contribution < -0.4 is 10.9 Å². The van der Waals surface area contributed by atoms with Gasteiger partial charge in [-0.2, -0.15) is 5.10 Å². The lowest BCUT2D eigenvalue weighted by Crippen LogP contribution is -2.36. The Morgan fingerprint density at radius 2 is 1.79 bits per heavy atom. The summed E-state index contributed by atoms with van der Waals surface area (Å²) < 4.78 is 3.10. The molecule has 0 aliphatic carbocycles. The smallest absolute Gasteiger partial charge is 0.291 e. The largest absolute Gasteiger partial charge is 0.352 e. The number of nitrogens with zero attached hydrogens (tertiary/aromatic N) is 3. The molecule has 4 aromatic rings. The van der Waals surface area contributed by atoms with Crippen molar-refractivity contribution in [3.63, 3.8) is 0 Å². The van der Waals surface area contributed by atoms with Crippen LogP contribution in [0.5, 0.6) is 0 Å². The molecule has 6 nitrogen and oxygen atoms in total. The molecule has 0 fully saturated rings. The second-order valence-corrected chi connectivity index (χ2v) is 7.43. The Labute approximate surface area is 168 Å². The topological polar surface area (TPSA) is 68.9 Å². The van der Waals surface area contributed by atoms with E-state index in [1.54, 1.807) is 17.8 Å². The van der Waals surface area contributed by atoms with Crippen molar-refractivity contribution in [2.45, 2.75) is 32.4 Å². The molecule has 0 spiro atoms. The number of fused-ring (bicyclic) bond motifs is 3. The highest BCUT2D eigenvalue weighted by molar-refractivity contribution is 6.07. The molecule has 2 heterocycles. The minimum Gasteiger partial charge on any atom is -0.352 e. The Kier molecular flexibility index (Phi) is 5.16. The van der Waals surface area contributed by atoms with Gasteiger partial charge in [0.1, 0.15) is 12.1 Å². The Bertz CT molecular complexity index is 1220. The number of nitrogens with one attached hydrogen (secondary N) is 1.